The molecule has 0 bridgehead atoms. The zero-order valence-electron chi connectivity index (χ0n) is 18.6. The van der Waals surface area contributed by atoms with Gasteiger partial charge >= 0.3 is 0 Å². The number of carbonyl (C=O) groups is 3. The summed E-state index contributed by atoms with van der Waals surface area (Å²) in [7, 11) is 0. The number of unbranched alkanes of at least 4 members (excludes halogenated alkanes) is 2. The summed E-state index contributed by atoms with van der Waals surface area (Å²) in [5.41, 5.74) is 0.940. The van der Waals surface area contributed by atoms with Crippen LogP contribution in [0.3, 0.4) is 0 Å². The first kappa shape index (κ1) is 23.6. The Morgan fingerprint density at radius 2 is 1.91 bits per heavy atom. The molecule has 1 aromatic carbocycles. The molecule has 2 amide bonds. The van der Waals surface area contributed by atoms with Gasteiger partial charge in [0.15, 0.2) is 0 Å². The number of carbonyl (C=O) groups excluding carboxylic acids is 3. The van der Waals surface area contributed by atoms with E-state index in [1.807, 2.05) is 6.92 Å². The maximum atomic E-state index is 13.1. The van der Waals surface area contributed by atoms with E-state index in [4.69, 9.17) is 0 Å². The average Bonchev–Trinajstić information content (AvgIpc) is 3.52. The summed E-state index contributed by atoms with van der Waals surface area (Å²) in [6.07, 6.45) is 9.68. The number of aromatic nitrogens is 4. The minimum absolute atomic E-state index is 0.144. The van der Waals surface area contributed by atoms with E-state index in [9.17, 15) is 14.4 Å². The van der Waals surface area contributed by atoms with E-state index in [-0.39, 0.29) is 23.6 Å². The van der Waals surface area contributed by atoms with Crippen LogP contribution in [-0.4, -0.2) is 49.9 Å². The lowest BCUT2D eigenvalue weighted by atomic mass is 10.0. The highest BCUT2D eigenvalue weighted by atomic mass is 16.2. The highest BCUT2D eigenvalue weighted by molar-refractivity contribution is 6.00. The van der Waals surface area contributed by atoms with E-state index >= 15 is 0 Å². The molecule has 1 heterocycles. The molecule has 1 aliphatic carbocycles. The van der Waals surface area contributed by atoms with Crippen LogP contribution in [0, 0.1) is 0 Å². The van der Waals surface area contributed by atoms with E-state index < -0.39 is 6.04 Å². The Morgan fingerprint density at radius 3 is 2.62 bits per heavy atom. The number of nitrogens with zero attached hydrogens (tertiary/aromatic N) is 4. The molecule has 32 heavy (non-hydrogen) atoms. The summed E-state index contributed by atoms with van der Waals surface area (Å²) in [4.78, 5) is 37.6. The number of hydrogen-bond donors (Lipinski definition) is 2. The number of tetrazole rings is 1. The summed E-state index contributed by atoms with van der Waals surface area (Å²) in [6.45, 7) is 1.87. The second kappa shape index (κ2) is 12.1. The van der Waals surface area contributed by atoms with Crippen molar-refractivity contribution in [3.63, 3.8) is 0 Å². The summed E-state index contributed by atoms with van der Waals surface area (Å²) in [5.74, 6) is -0.230. The standard InChI is InChI=1S/C23H32N6O3/c1-2-18(30)12-4-3-5-14-20(23(32)25-17-10-6-7-11-17)26-22(31)19-13-8-9-15-21(19)29-16-24-27-28-29/h8-9,13,15-17,20H,2-7,10-12,14H2,1H3,(H,25,32)(H,26,31)/t20-/m0/s1. The molecule has 0 spiro atoms. The van der Waals surface area contributed by atoms with Crippen molar-refractivity contribution < 1.29 is 14.4 Å². The van der Waals surface area contributed by atoms with Gasteiger partial charge in [-0.05, 0) is 48.2 Å². The second-order valence-electron chi connectivity index (χ2n) is 8.28. The topological polar surface area (TPSA) is 119 Å². The predicted octanol–water partition coefficient (Wildman–Crippen LogP) is 2.75. The van der Waals surface area contributed by atoms with Crippen LogP contribution in [0.1, 0.15) is 81.5 Å². The first-order valence-corrected chi connectivity index (χ1v) is 11.5. The number of nitrogens with one attached hydrogen (secondary N) is 2. The van der Waals surface area contributed by atoms with Gasteiger partial charge < -0.3 is 10.6 Å². The third-order valence-corrected chi connectivity index (χ3v) is 5.91. The maximum absolute atomic E-state index is 13.1. The Balaban J connectivity index is 1.65. The monoisotopic (exact) mass is 440 g/mol. The molecule has 172 valence electrons. The van der Waals surface area contributed by atoms with Crippen molar-refractivity contribution in [1.29, 1.82) is 0 Å². The smallest absolute Gasteiger partial charge is 0.254 e. The van der Waals surface area contributed by atoms with E-state index in [0.29, 0.717) is 30.5 Å². The minimum atomic E-state index is -0.632. The molecule has 1 fully saturated rings. The Kier molecular flexibility index (Phi) is 8.89. The fourth-order valence-corrected chi connectivity index (χ4v) is 4.04. The molecule has 1 saturated carbocycles. The largest absolute Gasteiger partial charge is 0.352 e. The molecule has 1 atom stereocenters. The summed E-state index contributed by atoms with van der Waals surface area (Å²) >= 11 is 0. The number of benzene rings is 1. The van der Waals surface area contributed by atoms with Crippen LogP contribution >= 0.6 is 0 Å². The number of amides is 2. The molecular weight excluding hydrogens is 408 g/mol. The van der Waals surface area contributed by atoms with Crippen LogP contribution in [0.25, 0.3) is 5.69 Å². The van der Waals surface area contributed by atoms with Gasteiger partial charge in [0.05, 0.1) is 11.3 Å². The zero-order chi connectivity index (χ0) is 22.8. The van der Waals surface area contributed by atoms with Gasteiger partial charge in [-0.1, -0.05) is 44.7 Å². The number of hydrogen-bond acceptors (Lipinski definition) is 6. The molecule has 2 aromatic rings. The first-order valence-electron chi connectivity index (χ1n) is 11.5. The number of para-hydroxylation sites is 1. The molecule has 2 N–H and O–H groups in total. The molecule has 9 heteroatoms. The van der Waals surface area contributed by atoms with Crippen molar-refractivity contribution in [3.05, 3.63) is 36.2 Å². The van der Waals surface area contributed by atoms with Gasteiger partial charge in [0, 0.05) is 18.9 Å². The zero-order valence-corrected chi connectivity index (χ0v) is 18.6. The molecule has 1 aliphatic rings. The normalized spacial score (nSPS) is 14.8. The minimum Gasteiger partial charge on any atom is -0.352 e. The Morgan fingerprint density at radius 1 is 1.12 bits per heavy atom. The highest BCUT2D eigenvalue weighted by Gasteiger charge is 2.26. The van der Waals surface area contributed by atoms with Crippen molar-refractivity contribution in [2.24, 2.45) is 0 Å². The number of ketones is 1. The summed E-state index contributed by atoms with van der Waals surface area (Å²) < 4.78 is 1.42. The highest BCUT2D eigenvalue weighted by Crippen LogP contribution is 2.19. The third-order valence-electron chi connectivity index (χ3n) is 5.91. The average molecular weight is 441 g/mol. The van der Waals surface area contributed by atoms with Crippen LogP contribution in [0.2, 0.25) is 0 Å². The van der Waals surface area contributed by atoms with E-state index in [2.05, 4.69) is 26.2 Å². The van der Waals surface area contributed by atoms with Crippen molar-refractivity contribution in [2.45, 2.75) is 83.2 Å². The van der Waals surface area contributed by atoms with Gasteiger partial charge in [0.2, 0.25) is 5.91 Å². The van der Waals surface area contributed by atoms with Crippen molar-refractivity contribution >= 4 is 17.6 Å². The van der Waals surface area contributed by atoms with Crippen LogP contribution in [0.4, 0.5) is 0 Å². The van der Waals surface area contributed by atoms with Crippen LogP contribution in [0.5, 0.6) is 0 Å². The van der Waals surface area contributed by atoms with Crippen LogP contribution in [0.15, 0.2) is 30.6 Å². The van der Waals surface area contributed by atoms with Crippen LogP contribution in [-0.2, 0) is 9.59 Å². The Labute approximate surface area is 188 Å². The van der Waals surface area contributed by atoms with Gasteiger partial charge in [0.25, 0.3) is 5.91 Å². The third kappa shape index (κ3) is 6.70. The summed E-state index contributed by atoms with van der Waals surface area (Å²) in [5, 5.41) is 17.2. The van der Waals surface area contributed by atoms with Gasteiger partial charge in [-0.15, -0.1) is 5.10 Å². The molecule has 0 radical (unpaired) electrons. The van der Waals surface area contributed by atoms with E-state index in [1.165, 1.54) is 11.0 Å². The number of Topliss-reactive ketones (excluding diaryl/α,β-unsaturated/α-hetero) is 1. The molecule has 0 unspecified atom stereocenters. The van der Waals surface area contributed by atoms with E-state index in [1.54, 1.807) is 24.3 Å². The lowest BCUT2D eigenvalue weighted by Crippen LogP contribution is -2.49. The fourth-order valence-electron chi connectivity index (χ4n) is 4.04. The summed E-state index contributed by atoms with van der Waals surface area (Å²) in [6, 6.07) is 6.55. The van der Waals surface area contributed by atoms with Crippen LogP contribution < -0.4 is 10.6 Å². The SMILES string of the molecule is CCC(=O)CCCCC[C@H](NC(=O)c1ccccc1-n1cnnn1)C(=O)NC1CCCC1. The second-order valence-corrected chi connectivity index (χ2v) is 8.28. The lowest BCUT2D eigenvalue weighted by molar-refractivity contribution is -0.124. The Bertz CT molecular complexity index is 893. The quantitative estimate of drug-likeness (QED) is 0.490. The number of rotatable bonds is 12. The van der Waals surface area contributed by atoms with Crippen molar-refractivity contribution in [3.8, 4) is 5.69 Å². The predicted molar refractivity (Wildman–Crippen MR) is 119 cm³/mol. The van der Waals surface area contributed by atoms with Crippen molar-refractivity contribution in [2.75, 3.05) is 0 Å². The molecule has 3 rings (SSSR count). The van der Waals surface area contributed by atoms with Gasteiger partial charge in [-0.3, -0.25) is 14.4 Å². The molecule has 0 aliphatic heterocycles. The van der Waals surface area contributed by atoms with Crippen molar-refractivity contribution in [1.82, 2.24) is 30.8 Å². The van der Waals surface area contributed by atoms with Gasteiger partial charge in [0.1, 0.15) is 18.2 Å². The molecule has 1 aromatic heterocycles. The van der Waals surface area contributed by atoms with Gasteiger partial charge in [-0.25, -0.2) is 0 Å². The molecule has 0 saturated heterocycles. The van der Waals surface area contributed by atoms with E-state index in [0.717, 1.165) is 44.9 Å². The molecular formula is C23H32N6O3. The Hall–Kier alpha value is -3.10. The molecule has 9 nitrogen and oxygen atoms in total. The maximum Gasteiger partial charge on any atom is 0.254 e. The fraction of sp³-hybridized carbons (Fsp3) is 0.565. The lowest BCUT2D eigenvalue weighted by Gasteiger charge is -2.21. The first-order chi connectivity index (χ1) is 15.6. The van der Waals surface area contributed by atoms with Gasteiger partial charge in [-0.2, -0.15) is 4.68 Å².